The van der Waals surface area contributed by atoms with Crippen LogP contribution in [0.5, 0.6) is 0 Å². The van der Waals surface area contributed by atoms with Crippen molar-refractivity contribution in [3.8, 4) is 18.2 Å². The van der Waals surface area contributed by atoms with Crippen LogP contribution in [0, 0.1) is 56.2 Å². The first-order valence-electron chi connectivity index (χ1n) is 9.82. The third-order valence-corrected chi connectivity index (χ3v) is 6.70. The summed E-state index contributed by atoms with van der Waals surface area (Å²) in [5.74, 6) is -2.67. The normalized spacial score (nSPS) is 33.6. The summed E-state index contributed by atoms with van der Waals surface area (Å²) in [7, 11) is 1.28. The molecule has 1 N–H and O–H groups in total. The van der Waals surface area contributed by atoms with E-state index < -0.39 is 34.6 Å². The smallest absolute Gasteiger partial charge is 0.337 e. The van der Waals surface area contributed by atoms with Crippen LogP contribution in [0.2, 0.25) is 0 Å². The van der Waals surface area contributed by atoms with Gasteiger partial charge in [0.25, 0.3) is 0 Å². The molecule has 2 bridgehead atoms. The van der Waals surface area contributed by atoms with Crippen LogP contribution in [0.3, 0.4) is 0 Å². The number of hydrogen-bond acceptors (Lipinski definition) is 8. The lowest BCUT2D eigenvalue weighted by molar-refractivity contribution is -0.284. The first-order chi connectivity index (χ1) is 14.4. The van der Waals surface area contributed by atoms with Crippen molar-refractivity contribution in [3.63, 3.8) is 0 Å². The van der Waals surface area contributed by atoms with Crippen molar-refractivity contribution in [2.75, 3.05) is 7.11 Å². The molecule has 0 spiro atoms. The molecule has 1 saturated carbocycles. The van der Waals surface area contributed by atoms with Gasteiger partial charge in [0, 0.05) is 6.42 Å². The summed E-state index contributed by atoms with van der Waals surface area (Å²) in [6.07, 6.45) is 2.43. The Hall–Kier alpha value is -3.41. The number of methoxy groups -OCH3 is 1. The maximum absolute atomic E-state index is 11.8. The van der Waals surface area contributed by atoms with Crippen LogP contribution in [0.1, 0.15) is 54.1 Å². The molecule has 152 valence electrons. The van der Waals surface area contributed by atoms with Gasteiger partial charge in [0.15, 0.2) is 5.41 Å². The van der Waals surface area contributed by atoms with E-state index in [-0.39, 0.29) is 5.90 Å². The summed E-state index contributed by atoms with van der Waals surface area (Å²) in [5, 5.41) is 39.2. The van der Waals surface area contributed by atoms with E-state index in [1.165, 1.54) is 19.2 Å². The minimum atomic E-state index is -1.97. The maximum atomic E-state index is 11.8. The Morgan fingerprint density at radius 1 is 1.13 bits per heavy atom. The summed E-state index contributed by atoms with van der Waals surface area (Å²) in [6.45, 7) is 0. The molecule has 1 aromatic carbocycles. The topological polar surface area (TPSA) is 140 Å². The fraction of sp³-hybridized carbons (Fsp3) is 0.500. The molecular weight excluding hydrogens is 384 g/mol. The highest BCUT2D eigenvalue weighted by molar-refractivity contribution is 5.90. The van der Waals surface area contributed by atoms with E-state index in [1.807, 2.05) is 12.1 Å². The van der Waals surface area contributed by atoms with E-state index in [9.17, 15) is 20.6 Å². The highest BCUT2D eigenvalue weighted by atomic mass is 16.7. The molecule has 1 aromatic rings. The fourth-order valence-corrected chi connectivity index (χ4v) is 5.25. The number of nitrogens with zero attached hydrogens (tertiary/aromatic N) is 3. The van der Waals surface area contributed by atoms with Gasteiger partial charge in [-0.05, 0) is 30.5 Å². The molecule has 8 heteroatoms. The third kappa shape index (κ3) is 2.27. The molecule has 2 heterocycles. The van der Waals surface area contributed by atoms with E-state index in [1.54, 1.807) is 12.1 Å². The molecule has 3 fully saturated rings. The molecule has 4 rings (SSSR count). The predicted octanol–water partition coefficient (Wildman–Crippen LogP) is 3.37. The third-order valence-electron chi connectivity index (χ3n) is 6.70. The van der Waals surface area contributed by atoms with Gasteiger partial charge < -0.3 is 14.2 Å². The Bertz CT molecular complexity index is 1020. The lowest BCUT2D eigenvalue weighted by Gasteiger charge is -2.49. The average Bonchev–Trinajstić information content (AvgIpc) is 2.90. The Morgan fingerprint density at radius 2 is 1.83 bits per heavy atom. The number of rotatable bonds is 2. The van der Waals surface area contributed by atoms with E-state index in [0.29, 0.717) is 24.0 Å². The van der Waals surface area contributed by atoms with Gasteiger partial charge in [-0.3, -0.25) is 5.41 Å². The number of carbonyl (C=O) groups is 1. The number of hydrogen-bond donors (Lipinski definition) is 1. The van der Waals surface area contributed by atoms with Crippen LogP contribution in [0.25, 0.3) is 0 Å². The second-order valence-electron chi connectivity index (χ2n) is 7.96. The van der Waals surface area contributed by atoms with Gasteiger partial charge in [-0.25, -0.2) is 4.79 Å². The van der Waals surface area contributed by atoms with E-state index >= 15 is 0 Å². The van der Waals surface area contributed by atoms with Gasteiger partial charge in [-0.2, -0.15) is 15.8 Å². The zero-order valence-corrected chi connectivity index (χ0v) is 16.5. The van der Waals surface area contributed by atoms with E-state index in [4.69, 9.17) is 19.6 Å². The van der Waals surface area contributed by atoms with Gasteiger partial charge in [-0.1, -0.05) is 25.0 Å². The molecule has 1 aliphatic carbocycles. The molecule has 4 unspecified atom stereocenters. The van der Waals surface area contributed by atoms with Crippen molar-refractivity contribution in [1.82, 2.24) is 0 Å². The van der Waals surface area contributed by atoms with Crippen LogP contribution in [-0.2, 0) is 14.2 Å². The van der Waals surface area contributed by atoms with Crippen molar-refractivity contribution in [2.45, 2.75) is 44.0 Å². The number of ether oxygens (including phenoxy) is 3. The van der Waals surface area contributed by atoms with Gasteiger partial charge in [0.2, 0.25) is 17.1 Å². The minimum absolute atomic E-state index is 0.309. The predicted molar refractivity (Wildman–Crippen MR) is 101 cm³/mol. The summed E-state index contributed by atoms with van der Waals surface area (Å²) in [5.41, 5.74) is -2.93. The van der Waals surface area contributed by atoms with Crippen LogP contribution < -0.4 is 0 Å². The Kier molecular flexibility index (Phi) is 4.53. The summed E-state index contributed by atoms with van der Waals surface area (Å²) in [6, 6.07) is 12.5. The fourth-order valence-electron chi connectivity index (χ4n) is 5.25. The lowest BCUT2D eigenvalue weighted by Crippen LogP contribution is -2.59. The highest BCUT2D eigenvalue weighted by Crippen LogP contribution is 2.68. The van der Waals surface area contributed by atoms with Gasteiger partial charge in [0.05, 0.1) is 36.8 Å². The molecular formula is C22H20N4O4. The SMILES string of the molecule is COC(=O)c1ccc(C2OC34CCCCCC3C(C#N)(C(=N)O4)C2(C#N)C#N)cc1. The number of esters is 1. The largest absolute Gasteiger partial charge is 0.465 e. The van der Waals surface area contributed by atoms with Gasteiger partial charge >= 0.3 is 5.97 Å². The molecule has 2 saturated heterocycles. The molecule has 3 aliphatic rings. The molecule has 4 atom stereocenters. The van der Waals surface area contributed by atoms with Crippen molar-refractivity contribution >= 4 is 11.9 Å². The standard InChI is InChI=1S/C22H20N4O4/c1-28-18(27)15-8-6-14(7-9-15)17-20(11-23,12-24)21(13-25)16-5-3-2-4-10-22(16,29-17)30-19(21)26/h6-9,16-17,26H,2-5,10H2,1H3. The average molecular weight is 404 g/mol. The van der Waals surface area contributed by atoms with Crippen molar-refractivity contribution < 1.29 is 19.0 Å². The lowest BCUT2D eigenvalue weighted by atomic mass is 9.52. The molecule has 0 radical (unpaired) electrons. The van der Waals surface area contributed by atoms with Crippen LogP contribution >= 0.6 is 0 Å². The van der Waals surface area contributed by atoms with E-state index in [2.05, 4.69) is 6.07 Å². The van der Waals surface area contributed by atoms with Crippen LogP contribution in [0.15, 0.2) is 24.3 Å². The summed E-state index contributed by atoms with van der Waals surface area (Å²) < 4.78 is 17.0. The second-order valence-corrected chi connectivity index (χ2v) is 7.96. The summed E-state index contributed by atoms with van der Waals surface area (Å²) in [4.78, 5) is 11.8. The molecule has 0 aromatic heterocycles. The number of nitriles is 3. The molecule has 8 nitrogen and oxygen atoms in total. The number of carbonyl (C=O) groups excluding carboxylic acids is 1. The first kappa shape index (κ1) is 19.9. The second kappa shape index (κ2) is 6.83. The van der Waals surface area contributed by atoms with Crippen molar-refractivity contribution in [2.24, 2.45) is 16.7 Å². The Labute approximate surface area is 174 Å². The molecule has 2 aliphatic heterocycles. The molecule has 30 heavy (non-hydrogen) atoms. The zero-order chi connectivity index (χ0) is 21.6. The monoisotopic (exact) mass is 404 g/mol. The quantitative estimate of drug-likeness (QED) is 0.745. The van der Waals surface area contributed by atoms with Gasteiger partial charge in [-0.15, -0.1) is 0 Å². The number of nitrogens with one attached hydrogen (secondary N) is 1. The Balaban J connectivity index is 1.91. The summed E-state index contributed by atoms with van der Waals surface area (Å²) >= 11 is 0. The van der Waals surface area contributed by atoms with Crippen molar-refractivity contribution in [3.05, 3.63) is 35.4 Å². The van der Waals surface area contributed by atoms with Gasteiger partial charge in [0.1, 0.15) is 6.10 Å². The number of benzene rings is 1. The first-order valence-corrected chi connectivity index (χ1v) is 9.82. The van der Waals surface area contributed by atoms with Crippen LogP contribution in [-0.4, -0.2) is 24.8 Å². The Morgan fingerprint density at radius 3 is 2.43 bits per heavy atom. The zero-order valence-electron chi connectivity index (χ0n) is 16.5. The van der Waals surface area contributed by atoms with Crippen molar-refractivity contribution in [1.29, 1.82) is 21.2 Å². The highest BCUT2D eigenvalue weighted by Gasteiger charge is 2.80. The van der Waals surface area contributed by atoms with Crippen LogP contribution in [0.4, 0.5) is 0 Å². The maximum Gasteiger partial charge on any atom is 0.337 e. The minimum Gasteiger partial charge on any atom is -0.465 e. The van der Waals surface area contributed by atoms with E-state index in [0.717, 1.165) is 19.3 Å². The molecule has 0 amide bonds.